The van der Waals surface area contributed by atoms with Gasteiger partial charge >= 0.3 is 0 Å². The molecule has 1 aromatic carbocycles. The van der Waals surface area contributed by atoms with E-state index in [-0.39, 0.29) is 17.8 Å². The largest absolute Gasteiger partial charge is 0.355 e. The van der Waals surface area contributed by atoms with Gasteiger partial charge in [-0.3, -0.25) is 4.79 Å². The summed E-state index contributed by atoms with van der Waals surface area (Å²) in [6.45, 7) is 4.31. The quantitative estimate of drug-likeness (QED) is 0.882. The molecule has 0 aliphatic carbocycles. The predicted octanol–water partition coefficient (Wildman–Crippen LogP) is 3.13. The number of hydrogen-bond donors (Lipinski definition) is 1. The van der Waals surface area contributed by atoms with Crippen LogP contribution in [0.25, 0.3) is 11.0 Å². The van der Waals surface area contributed by atoms with E-state index >= 15 is 0 Å². The highest BCUT2D eigenvalue weighted by Crippen LogP contribution is 2.25. The van der Waals surface area contributed by atoms with Gasteiger partial charge in [-0.25, -0.2) is 4.98 Å². The van der Waals surface area contributed by atoms with Crippen molar-refractivity contribution in [3.05, 3.63) is 29.0 Å². The van der Waals surface area contributed by atoms with Crippen LogP contribution in [-0.4, -0.2) is 22.0 Å². The third-order valence-electron chi connectivity index (χ3n) is 2.96. The Balaban J connectivity index is 2.54. The van der Waals surface area contributed by atoms with Crippen LogP contribution in [0.5, 0.6) is 0 Å². The molecule has 0 saturated heterocycles. The van der Waals surface area contributed by atoms with Crippen LogP contribution < -0.4 is 5.32 Å². The first-order chi connectivity index (χ1) is 9.08. The van der Waals surface area contributed by atoms with Crippen LogP contribution in [0, 0.1) is 0 Å². The minimum absolute atomic E-state index is 0.0527. The monoisotopic (exact) mass is 299 g/mol. The number of nitrogens with zero attached hydrogens (tertiary/aromatic N) is 2. The standard InChI is InChI=1S/C13H15Cl2N3O/c1-3-16-13(19)8(2)18-11-5-4-9(15)6-10(11)17-12(18)7-14/h4-6,8H,3,7H2,1-2H3,(H,16,19). The van der Waals surface area contributed by atoms with Crippen LogP contribution in [0.15, 0.2) is 18.2 Å². The summed E-state index contributed by atoms with van der Waals surface area (Å²) in [6, 6.07) is 5.05. The Hall–Kier alpha value is -1.26. The molecule has 0 aliphatic heterocycles. The Kier molecular flexibility index (Phi) is 4.32. The summed E-state index contributed by atoms with van der Waals surface area (Å²) in [5, 5.41) is 3.42. The molecule has 2 rings (SSSR count). The summed E-state index contributed by atoms with van der Waals surface area (Å²) in [4.78, 5) is 16.4. The van der Waals surface area contributed by atoms with E-state index < -0.39 is 0 Å². The van der Waals surface area contributed by atoms with E-state index in [0.29, 0.717) is 17.4 Å². The van der Waals surface area contributed by atoms with Crippen LogP contribution in [0.1, 0.15) is 25.7 Å². The molecule has 1 atom stereocenters. The summed E-state index contributed by atoms with van der Waals surface area (Å²) in [6.07, 6.45) is 0. The summed E-state index contributed by atoms with van der Waals surface area (Å²) in [7, 11) is 0. The fourth-order valence-electron chi connectivity index (χ4n) is 2.09. The molecule has 4 nitrogen and oxygen atoms in total. The number of amides is 1. The summed E-state index contributed by atoms with van der Waals surface area (Å²) >= 11 is 11.9. The molecule has 6 heteroatoms. The highest BCUT2D eigenvalue weighted by molar-refractivity contribution is 6.31. The second-order valence-electron chi connectivity index (χ2n) is 4.24. The molecule has 1 N–H and O–H groups in total. The van der Waals surface area contributed by atoms with E-state index in [1.165, 1.54) is 0 Å². The van der Waals surface area contributed by atoms with Crippen molar-refractivity contribution in [3.8, 4) is 0 Å². The second-order valence-corrected chi connectivity index (χ2v) is 4.94. The zero-order valence-corrected chi connectivity index (χ0v) is 12.3. The molecule has 0 aliphatic rings. The first-order valence-corrected chi connectivity index (χ1v) is 6.99. The van der Waals surface area contributed by atoms with Gasteiger partial charge < -0.3 is 9.88 Å². The molecule has 2 aromatic rings. The molecule has 19 heavy (non-hydrogen) atoms. The third-order valence-corrected chi connectivity index (χ3v) is 3.44. The zero-order chi connectivity index (χ0) is 14.0. The number of benzene rings is 1. The van der Waals surface area contributed by atoms with Gasteiger partial charge in [-0.2, -0.15) is 0 Å². The Bertz CT molecular complexity index is 609. The van der Waals surface area contributed by atoms with Gasteiger partial charge in [0.1, 0.15) is 11.9 Å². The van der Waals surface area contributed by atoms with Gasteiger partial charge in [-0.15, -0.1) is 11.6 Å². The molecule has 0 saturated carbocycles. The maximum Gasteiger partial charge on any atom is 0.242 e. The lowest BCUT2D eigenvalue weighted by Crippen LogP contribution is -2.31. The number of fused-ring (bicyclic) bond motifs is 1. The van der Waals surface area contributed by atoms with E-state index in [2.05, 4.69) is 10.3 Å². The smallest absolute Gasteiger partial charge is 0.242 e. The van der Waals surface area contributed by atoms with Crippen molar-refractivity contribution >= 4 is 40.1 Å². The van der Waals surface area contributed by atoms with E-state index in [9.17, 15) is 4.79 Å². The fourth-order valence-corrected chi connectivity index (χ4v) is 2.44. The fraction of sp³-hybridized carbons (Fsp3) is 0.385. The van der Waals surface area contributed by atoms with Crippen LogP contribution in [-0.2, 0) is 10.7 Å². The number of imidazole rings is 1. The molecule has 0 bridgehead atoms. The van der Waals surface area contributed by atoms with Gasteiger partial charge in [0.05, 0.1) is 16.9 Å². The van der Waals surface area contributed by atoms with Gasteiger partial charge in [-0.05, 0) is 32.0 Å². The van der Waals surface area contributed by atoms with E-state index in [1.54, 1.807) is 12.1 Å². The van der Waals surface area contributed by atoms with Crippen molar-refractivity contribution in [2.45, 2.75) is 25.8 Å². The molecule has 0 fully saturated rings. The summed E-state index contributed by atoms with van der Waals surface area (Å²) in [5.41, 5.74) is 1.61. The van der Waals surface area contributed by atoms with Crippen molar-refractivity contribution in [3.63, 3.8) is 0 Å². The predicted molar refractivity (Wildman–Crippen MR) is 77.7 cm³/mol. The first kappa shape index (κ1) is 14.2. The molecule has 1 aromatic heterocycles. The molecule has 1 amide bonds. The molecule has 1 unspecified atom stereocenters. The number of carbonyl (C=O) groups is 1. The average Bonchev–Trinajstić information content (AvgIpc) is 2.75. The van der Waals surface area contributed by atoms with Gasteiger partial charge in [0, 0.05) is 11.6 Å². The molecule has 102 valence electrons. The van der Waals surface area contributed by atoms with Gasteiger partial charge in [0.25, 0.3) is 0 Å². The van der Waals surface area contributed by atoms with Crippen molar-refractivity contribution in [2.24, 2.45) is 0 Å². The summed E-state index contributed by atoms with van der Waals surface area (Å²) in [5.74, 6) is 0.858. The first-order valence-electron chi connectivity index (χ1n) is 6.08. The minimum Gasteiger partial charge on any atom is -0.355 e. The number of nitrogens with one attached hydrogen (secondary N) is 1. The van der Waals surface area contributed by atoms with E-state index in [0.717, 1.165) is 11.0 Å². The van der Waals surface area contributed by atoms with Gasteiger partial charge in [0.2, 0.25) is 5.91 Å². The number of rotatable bonds is 4. The average molecular weight is 300 g/mol. The van der Waals surface area contributed by atoms with Crippen molar-refractivity contribution in [2.75, 3.05) is 6.54 Å². The molecular formula is C13H15Cl2N3O. The molecule has 0 radical (unpaired) electrons. The third kappa shape index (κ3) is 2.69. The minimum atomic E-state index is -0.361. The van der Waals surface area contributed by atoms with E-state index in [1.807, 2.05) is 24.5 Å². The maximum absolute atomic E-state index is 12.0. The molecule has 1 heterocycles. The second kappa shape index (κ2) is 5.80. The Morgan fingerprint density at radius 3 is 2.89 bits per heavy atom. The maximum atomic E-state index is 12.0. The van der Waals surface area contributed by atoms with Crippen LogP contribution in [0.3, 0.4) is 0 Å². The Labute approximate surface area is 121 Å². The highest BCUT2D eigenvalue weighted by atomic mass is 35.5. The lowest BCUT2D eigenvalue weighted by atomic mass is 10.2. The molecule has 0 spiro atoms. The number of alkyl halides is 1. The number of halogens is 2. The number of likely N-dealkylation sites (N-methyl/N-ethyl adjacent to an activating group) is 1. The lowest BCUT2D eigenvalue weighted by Gasteiger charge is -2.16. The van der Waals surface area contributed by atoms with Crippen molar-refractivity contribution in [1.29, 1.82) is 0 Å². The highest BCUT2D eigenvalue weighted by Gasteiger charge is 2.20. The topological polar surface area (TPSA) is 46.9 Å². The van der Waals surface area contributed by atoms with Crippen LogP contribution in [0.4, 0.5) is 0 Å². The normalized spacial score (nSPS) is 12.6. The Morgan fingerprint density at radius 1 is 1.53 bits per heavy atom. The Morgan fingerprint density at radius 2 is 2.26 bits per heavy atom. The number of aromatic nitrogens is 2. The van der Waals surface area contributed by atoms with Crippen LogP contribution >= 0.6 is 23.2 Å². The van der Waals surface area contributed by atoms with Crippen molar-refractivity contribution in [1.82, 2.24) is 14.9 Å². The number of carbonyl (C=O) groups excluding carboxylic acids is 1. The van der Waals surface area contributed by atoms with Gasteiger partial charge in [0.15, 0.2) is 0 Å². The van der Waals surface area contributed by atoms with E-state index in [4.69, 9.17) is 23.2 Å². The lowest BCUT2D eigenvalue weighted by molar-refractivity contribution is -0.123. The van der Waals surface area contributed by atoms with Crippen LogP contribution in [0.2, 0.25) is 5.02 Å². The number of hydrogen-bond acceptors (Lipinski definition) is 2. The summed E-state index contributed by atoms with van der Waals surface area (Å²) < 4.78 is 1.85. The van der Waals surface area contributed by atoms with Crippen molar-refractivity contribution < 1.29 is 4.79 Å². The van der Waals surface area contributed by atoms with Gasteiger partial charge in [-0.1, -0.05) is 11.6 Å². The zero-order valence-electron chi connectivity index (χ0n) is 10.8. The SMILES string of the molecule is CCNC(=O)C(C)n1c(CCl)nc2cc(Cl)ccc21. The molecular weight excluding hydrogens is 285 g/mol.